The summed E-state index contributed by atoms with van der Waals surface area (Å²) in [6.07, 6.45) is 4.98. The summed E-state index contributed by atoms with van der Waals surface area (Å²) in [6.45, 7) is 4.97. The van der Waals surface area contributed by atoms with Gasteiger partial charge in [0.1, 0.15) is 0 Å². The molecule has 1 aromatic rings. The van der Waals surface area contributed by atoms with Gasteiger partial charge in [-0.25, -0.2) is 0 Å². The zero-order valence-electron chi connectivity index (χ0n) is 7.82. The van der Waals surface area contributed by atoms with Crippen molar-refractivity contribution >= 4 is 0 Å². The number of rotatable bonds is 5. The Labute approximate surface area is 73.0 Å². The average Bonchev–Trinajstić information content (AvgIpc) is 2.45. The second-order valence-electron chi connectivity index (χ2n) is 2.99. The zero-order valence-corrected chi connectivity index (χ0v) is 7.82. The Kier molecular flexibility index (Phi) is 3.70. The van der Waals surface area contributed by atoms with Crippen molar-refractivity contribution in [2.24, 2.45) is 0 Å². The maximum Gasteiger partial charge on any atom is 0.171 e. The van der Waals surface area contributed by atoms with Crippen molar-refractivity contribution in [2.45, 2.75) is 46.1 Å². The summed E-state index contributed by atoms with van der Waals surface area (Å²) < 4.78 is 0. The van der Waals surface area contributed by atoms with E-state index in [4.69, 9.17) is 0 Å². The van der Waals surface area contributed by atoms with Crippen molar-refractivity contribution in [1.82, 2.24) is 20.2 Å². The van der Waals surface area contributed by atoms with Crippen LogP contribution in [0.25, 0.3) is 0 Å². The van der Waals surface area contributed by atoms with Crippen LogP contribution in [0.5, 0.6) is 0 Å². The quantitative estimate of drug-likeness (QED) is 0.627. The van der Waals surface area contributed by atoms with Gasteiger partial charge >= 0.3 is 0 Å². The minimum Gasteiger partial charge on any atom is -0.164 e. The molecule has 0 aliphatic carbocycles. The Morgan fingerprint density at radius 2 is 2.08 bits per heavy atom. The van der Waals surface area contributed by atoms with E-state index in [1.807, 2.05) is 6.92 Å². The van der Waals surface area contributed by atoms with Crippen molar-refractivity contribution in [2.75, 3.05) is 0 Å². The highest BCUT2D eigenvalue weighted by molar-refractivity contribution is 4.66. The molecule has 0 saturated heterocycles. The third-order valence-electron chi connectivity index (χ3n) is 1.76. The lowest BCUT2D eigenvalue weighted by Gasteiger charge is -1.96. The third-order valence-corrected chi connectivity index (χ3v) is 1.76. The molecule has 0 unspecified atom stereocenters. The lowest BCUT2D eigenvalue weighted by Crippen LogP contribution is -2.02. The first kappa shape index (κ1) is 9.16. The van der Waals surface area contributed by atoms with E-state index in [0.717, 1.165) is 18.8 Å². The maximum absolute atomic E-state index is 4.10. The van der Waals surface area contributed by atoms with Crippen LogP contribution in [0.2, 0.25) is 0 Å². The highest BCUT2D eigenvalue weighted by atomic mass is 15.6. The summed E-state index contributed by atoms with van der Waals surface area (Å²) >= 11 is 0. The predicted molar refractivity (Wildman–Crippen MR) is 46.7 cm³/mol. The molecule has 0 bridgehead atoms. The summed E-state index contributed by atoms with van der Waals surface area (Å²) in [7, 11) is 0. The van der Waals surface area contributed by atoms with Crippen molar-refractivity contribution in [3.05, 3.63) is 5.82 Å². The Morgan fingerprint density at radius 1 is 1.25 bits per heavy atom. The second kappa shape index (κ2) is 4.85. The third kappa shape index (κ3) is 2.98. The summed E-state index contributed by atoms with van der Waals surface area (Å²) in [5.74, 6) is 0.755. The molecular formula is C8H16N4. The van der Waals surface area contributed by atoms with Crippen molar-refractivity contribution in [1.29, 1.82) is 0 Å². The monoisotopic (exact) mass is 168 g/mol. The van der Waals surface area contributed by atoms with Crippen LogP contribution < -0.4 is 0 Å². The lowest BCUT2D eigenvalue weighted by molar-refractivity contribution is 0.479. The van der Waals surface area contributed by atoms with E-state index >= 15 is 0 Å². The summed E-state index contributed by atoms with van der Waals surface area (Å²) in [5.41, 5.74) is 0. The van der Waals surface area contributed by atoms with Crippen LogP contribution >= 0.6 is 0 Å². The minimum atomic E-state index is 0.755. The Morgan fingerprint density at radius 3 is 2.67 bits per heavy atom. The van der Waals surface area contributed by atoms with Gasteiger partial charge in [-0.2, -0.15) is 4.80 Å². The van der Waals surface area contributed by atoms with Crippen LogP contribution in [-0.2, 0) is 6.54 Å². The molecule has 0 radical (unpaired) electrons. The molecule has 0 atom stereocenters. The van der Waals surface area contributed by atoms with Gasteiger partial charge in [0.2, 0.25) is 0 Å². The van der Waals surface area contributed by atoms with E-state index in [1.165, 1.54) is 19.3 Å². The van der Waals surface area contributed by atoms with Crippen molar-refractivity contribution in [3.8, 4) is 0 Å². The molecule has 1 rings (SSSR count). The van der Waals surface area contributed by atoms with Gasteiger partial charge in [0.05, 0.1) is 6.54 Å². The van der Waals surface area contributed by atoms with Crippen LogP contribution in [0.3, 0.4) is 0 Å². The van der Waals surface area contributed by atoms with Crippen LogP contribution in [0.1, 0.15) is 38.4 Å². The maximum atomic E-state index is 4.10. The van der Waals surface area contributed by atoms with Gasteiger partial charge in [-0.15, -0.1) is 10.2 Å². The van der Waals surface area contributed by atoms with Gasteiger partial charge in [0.25, 0.3) is 0 Å². The molecule has 0 aliphatic heterocycles. The molecule has 0 amide bonds. The molecule has 12 heavy (non-hydrogen) atoms. The minimum absolute atomic E-state index is 0.755. The Balaban J connectivity index is 2.15. The van der Waals surface area contributed by atoms with Gasteiger partial charge in [0, 0.05) is 0 Å². The molecule has 4 nitrogen and oxygen atoms in total. The first-order valence-corrected chi connectivity index (χ1v) is 4.57. The van der Waals surface area contributed by atoms with E-state index < -0.39 is 0 Å². The number of tetrazole rings is 1. The Bertz CT molecular complexity index is 219. The molecule has 4 heteroatoms. The summed E-state index contributed by atoms with van der Waals surface area (Å²) in [6, 6.07) is 0. The van der Waals surface area contributed by atoms with Gasteiger partial charge in [0.15, 0.2) is 5.82 Å². The molecule has 0 N–H and O–H groups in total. The van der Waals surface area contributed by atoms with E-state index in [1.54, 1.807) is 4.80 Å². The number of aromatic nitrogens is 4. The van der Waals surface area contributed by atoms with Gasteiger partial charge < -0.3 is 0 Å². The molecule has 0 aliphatic rings. The number of hydrogen-bond acceptors (Lipinski definition) is 3. The van der Waals surface area contributed by atoms with Gasteiger partial charge in [-0.05, 0) is 18.6 Å². The number of nitrogens with zero attached hydrogens (tertiary/aromatic N) is 4. The van der Waals surface area contributed by atoms with Crippen molar-refractivity contribution in [3.63, 3.8) is 0 Å². The topological polar surface area (TPSA) is 43.6 Å². The van der Waals surface area contributed by atoms with Crippen LogP contribution in [-0.4, -0.2) is 20.2 Å². The molecular weight excluding hydrogens is 152 g/mol. The Hall–Kier alpha value is -0.930. The van der Waals surface area contributed by atoms with E-state index in [2.05, 4.69) is 22.3 Å². The van der Waals surface area contributed by atoms with Crippen LogP contribution in [0, 0.1) is 6.92 Å². The molecule has 1 heterocycles. The standard InChI is InChI=1S/C8H16N4/c1-3-4-5-6-7-12-10-8(2)9-11-12/h3-7H2,1-2H3. The first-order chi connectivity index (χ1) is 5.83. The predicted octanol–water partition coefficient (Wildman–Crippen LogP) is 1.56. The highest BCUT2D eigenvalue weighted by Gasteiger charge is 1.95. The molecule has 1 aromatic heterocycles. The fraction of sp³-hybridized carbons (Fsp3) is 0.875. The fourth-order valence-electron chi connectivity index (χ4n) is 1.10. The number of hydrogen-bond donors (Lipinski definition) is 0. The second-order valence-corrected chi connectivity index (χ2v) is 2.99. The molecule has 68 valence electrons. The van der Waals surface area contributed by atoms with Crippen LogP contribution in [0.15, 0.2) is 0 Å². The number of aryl methyl sites for hydroxylation is 2. The fourth-order valence-corrected chi connectivity index (χ4v) is 1.10. The van der Waals surface area contributed by atoms with Crippen molar-refractivity contribution < 1.29 is 0 Å². The highest BCUT2D eigenvalue weighted by Crippen LogP contribution is 1.99. The largest absolute Gasteiger partial charge is 0.171 e. The van der Waals surface area contributed by atoms with E-state index in [9.17, 15) is 0 Å². The molecule has 0 aromatic carbocycles. The molecule has 0 saturated carbocycles. The first-order valence-electron chi connectivity index (χ1n) is 4.57. The summed E-state index contributed by atoms with van der Waals surface area (Å²) in [4.78, 5) is 1.67. The van der Waals surface area contributed by atoms with E-state index in [-0.39, 0.29) is 0 Å². The molecule has 0 spiro atoms. The molecule has 0 fully saturated rings. The van der Waals surface area contributed by atoms with Gasteiger partial charge in [-0.1, -0.05) is 26.2 Å². The lowest BCUT2D eigenvalue weighted by atomic mass is 10.2. The smallest absolute Gasteiger partial charge is 0.164 e. The summed E-state index contributed by atoms with van der Waals surface area (Å²) in [5, 5.41) is 11.8. The average molecular weight is 168 g/mol. The SMILES string of the molecule is CCCCCCn1nnc(C)n1. The van der Waals surface area contributed by atoms with Crippen LogP contribution in [0.4, 0.5) is 0 Å². The number of unbranched alkanes of at least 4 members (excludes halogenated alkanes) is 3. The normalized spacial score (nSPS) is 10.5. The van der Waals surface area contributed by atoms with E-state index in [0.29, 0.717) is 0 Å². The zero-order chi connectivity index (χ0) is 8.81. The van der Waals surface area contributed by atoms with Gasteiger partial charge in [-0.3, -0.25) is 0 Å².